The number of esters is 2. The molecule has 0 saturated carbocycles. The van der Waals surface area contributed by atoms with Crippen molar-refractivity contribution in [3.8, 4) is 6.07 Å². The van der Waals surface area contributed by atoms with Crippen molar-refractivity contribution >= 4 is 23.5 Å². The van der Waals surface area contributed by atoms with E-state index in [2.05, 4.69) is 0 Å². The van der Waals surface area contributed by atoms with Crippen molar-refractivity contribution in [3.63, 3.8) is 0 Å². The van der Waals surface area contributed by atoms with E-state index in [0.717, 1.165) is 0 Å². The fourth-order valence-electron chi connectivity index (χ4n) is 1.93. The van der Waals surface area contributed by atoms with Gasteiger partial charge < -0.3 is 9.47 Å². The minimum atomic E-state index is -1.79. The third-order valence-corrected chi connectivity index (χ3v) is 3.18. The van der Waals surface area contributed by atoms with Crippen molar-refractivity contribution < 1.29 is 19.1 Å². The van der Waals surface area contributed by atoms with Gasteiger partial charge in [0.2, 0.25) is 5.41 Å². The molecule has 0 N–H and O–H groups in total. The normalized spacial score (nSPS) is 10.6. The van der Waals surface area contributed by atoms with Crippen molar-refractivity contribution in [2.75, 3.05) is 13.2 Å². The molecule has 1 aromatic carbocycles. The second-order valence-corrected chi connectivity index (χ2v) is 4.62. The number of rotatable bonds is 6. The van der Waals surface area contributed by atoms with E-state index in [-0.39, 0.29) is 19.6 Å². The predicted molar refractivity (Wildman–Crippen MR) is 76.6 cm³/mol. The monoisotopic (exact) mass is 309 g/mol. The van der Waals surface area contributed by atoms with Crippen LogP contribution in [0.1, 0.15) is 25.8 Å². The van der Waals surface area contributed by atoms with Crippen LogP contribution in [0.15, 0.2) is 24.3 Å². The number of hydrogen-bond donors (Lipinski definition) is 0. The Balaban J connectivity index is 3.43. The fraction of sp³-hybridized carbons (Fsp3) is 0.400. The van der Waals surface area contributed by atoms with Crippen LogP contribution in [-0.4, -0.2) is 25.2 Å². The summed E-state index contributed by atoms with van der Waals surface area (Å²) in [7, 11) is 0. The molecule has 0 saturated heterocycles. The van der Waals surface area contributed by atoms with Gasteiger partial charge in [0.1, 0.15) is 0 Å². The van der Waals surface area contributed by atoms with E-state index in [9.17, 15) is 9.59 Å². The standard InChI is InChI=1S/C15H16ClNO4/c1-3-20-13(18)15(9-10-17,14(19)21-4-2)11-5-7-12(16)8-6-11/h5-8H,3-4,9H2,1-2H3. The van der Waals surface area contributed by atoms with Crippen molar-refractivity contribution in [2.24, 2.45) is 0 Å². The molecule has 0 aliphatic rings. The minimum Gasteiger partial charge on any atom is -0.465 e. The summed E-state index contributed by atoms with van der Waals surface area (Å²) >= 11 is 5.82. The van der Waals surface area contributed by atoms with Gasteiger partial charge in [0.25, 0.3) is 0 Å². The van der Waals surface area contributed by atoms with E-state index in [4.69, 9.17) is 26.3 Å². The van der Waals surface area contributed by atoms with Crippen LogP contribution in [-0.2, 0) is 24.5 Å². The van der Waals surface area contributed by atoms with Crippen LogP contribution < -0.4 is 0 Å². The second kappa shape index (κ2) is 7.65. The Hall–Kier alpha value is -2.06. The summed E-state index contributed by atoms with van der Waals surface area (Å²) in [5, 5.41) is 9.52. The zero-order valence-electron chi connectivity index (χ0n) is 11.9. The van der Waals surface area contributed by atoms with Gasteiger partial charge in [-0.15, -0.1) is 0 Å². The average molecular weight is 310 g/mol. The molecule has 1 rings (SSSR count). The molecular formula is C15H16ClNO4. The number of hydrogen-bond acceptors (Lipinski definition) is 5. The molecule has 0 radical (unpaired) electrons. The molecule has 0 heterocycles. The van der Waals surface area contributed by atoms with Crippen molar-refractivity contribution in [1.82, 2.24) is 0 Å². The zero-order chi connectivity index (χ0) is 15.9. The number of halogens is 1. The Morgan fingerprint density at radius 2 is 1.62 bits per heavy atom. The second-order valence-electron chi connectivity index (χ2n) is 4.19. The van der Waals surface area contributed by atoms with Crippen LogP contribution in [0.5, 0.6) is 0 Å². The van der Waals surface area contributed by atoms with Crippen LogP contribution in [0.3, 0.4) is 0 Å². The minimum absolute atomic E-state index is 0.0962. The van der Waals surface area contributed by atoms with Gasteiger partial charge in [-0.2, -0.15) is 5.26 Å². The molecule has 112 valence electrons. The van der Waals surface area contributed by atoms with Crippen LogP contribution in [0.25, 0.3) is 0 Å². The first-order chi connectivity index (χ1) is 10.0. The summed E-state index contributed by atoms with van der Waals surface area (Å²) < 4.78 is 9.98. The van der Waals surface area contributed by atoms with Crippen LogP contribution in [0.2, 0.25) is 5.02 Å². The summed E-state index contributed by atoms with van der Waals surface area (Å²) in [6, 6.07) is 7.99. The van der Waals surface area contributed by atoms with E-state index >= 15 is 0 Å². The largest absolute Gasteiger partial charge is 0.465 e. The maximum atomic E-state index is 12.3. The topological polar surface area (TPSA) is 76.4 Å². The molecule has 0 fully saturated rings. The van der Waals surface area contributed by atoms with Crippen molar-refractivity contribution in [1.29, 1.82) is 5.26 Å². The lowest BCUT2D eigenvalue weighted by molar-refractivity contribution is -0.164. The lowest BCUT2D eigenvalue weighted by Crippen LogP contribution is -2.46. The molecule has 0 aromatic heterocycles. The molecule has 5 nitrogen and oxygen atoms in total. The highest BCUT2D eigenvalue weighted by molar-refractivity contribution is 6.30. The lowest BCUT2D eigenvalue weighted by Gasteiger charge is -2.27. The van der Waals surface area contributed by atoms with Crippen molar-refractivity contribution in [3.05, 3.63) is 34.9 Å². The molecule has 1 aromatic rings. The summed E-state index contributed by atoms with van der Waals surface area (Å²) in [5.41, 5.74) is -1.46. The summed E-state index contributed by atoms with van der Waals surface area (Å²) in [6.45, 7) is 3.45. The number of carbonyl (C=O) groups is 2. The first-order valence-corrected chi connectivity index (χ1v) is 6.88. The molecule has 0 unspecified atom stereocenters. The highest BCUT2D eigenvalue weighted by atomic mass is 35.5. The van der Waals surface area contributed by atoms with E-state index in [0.29, 0.717) is 10.6 Å². The molecule has 0 amide bonds. The highest BCUT2D eigenvalue weighted by Gasteiger charge is 2.50. The maximum absolute atomic E-state index is 12.3. The Morgan fingerprint density at radius 1 is 1.14 bits per heavy atom. The third kappa shape index (κ3) is 3.53. The molecule has 0 aliphatic carbocycles. The van der Waals surface area contributed by atoms with Gasteiger partial charge in [0.15, 0.2) is 0 Å². The van der Waals surface area contributed by atoms with E-state index in [1.54, 1.807) is 26.0 Å². The Labute approximate surface area is 128 Å². The SMILES string of the molecule is CCOC(=O)C(CC#N)(C(=O)OCC)c1ccc(Cl)cc1. The van der Waals surface area contributed by atoms with Gasteiger partial charge in [-0.05, 0) is 31.5 Å². The summed E-state index contributed by atoms with van der Waals surface area (Å²) in [5.74, 6) is -1.60. The van der Waals surface area contributed by atoms with E-state index in [1.165, 1.54) is 12.1 Å². The van der Waals surface area contributed by atoms with Gasteiger partial charge in [-0.1, -0.05) is 23.7 Å². The van der Waals surface area contributed by atoms with Gasteiger partial charge >= 0.3 is 11.9 Å². The number of benzene rings is 1. The highest BCUT2D eigenvalue weighted by Crippen LogP contribution is 2.32. The lowest BCUT2D eigenvalue weighted by atomic mass is 9.78. The van der Waals surface area contributed by atoms with Crippen LogP contribution in [0, 0.1) is 11.3 Å². The van der Waals surface area contributed by atoms with E-state index < -0.39 is 17.4 Å². The number of nitriles is 1. The first kappa shape index (κ1) is 17.0. The van der Waals surface area contributed by atoms with Gasteiger partial charge in [-0.3, -0.25) is 9.59 Å². The Morgan fingerprint density at radius 3 is 2.00 bits per heavy atom. The Kier molecular flexibility index (Phi) is 6.19. The molecular weight excluding hydrogens is 294 g/mol. The molecule has 21 heavy (non-hydrogen) atoms. The molecule has 0 atom stereocenters. The van der Waals surface area contributed by atoms with Gasteiger partial charge in [-0.25, -0.2) is 0 Å². The quantitative estimate of drug-likeness (QED) is 0.596. The molecule has 0 spiro atoms. The molecule has 0 aliphatic heterocycles. The van der Waals surface area contributed by atoms with Gasteiger partial charge in [0, 0.05) is 5.02 Å². The third-order valence-electron chi connectivity index (χ3n) is 2.93. The molecule has 6 heteroatoms. The average Bonchev–Trinajstić information content (AvgIpc) is 2.46. The van der Waals surface area contributed by atoms with Crippen LogP contribution >= 0.6 is 11.6 Å². The zero-order valence-corrected chi connectivity index (χ0v) is 12.6. The Bertz CT molecular complexity index is 530. The first-order valence-electron chi connectivity index (χ1n) is 6.50. The number of nitrogens with zero attached hydrogens (tertiary/aromatic N) is 1. The van der Waals surface area contributed by atoms with Gasteiger partial charge in [0.05, 0.1) is 25.7 Å². The van der Waals surface area contributed by atoms with E-state index in [1.807, 2.05) is 6.07 Å². The molecule has 0 bridgehead atoms. The summed E-state index contributed by atoms with van der Waals surface area (Å²) in [4.78, 5) is 24.7. The smallest absolute Gasteiger partial charge is 0.329 e. The fourth-order valence-corrected chi connectivity index (χ4v) is 2.05. The van der Waals surface area contributed by atoms with Crippen LogP contribution in [0.4, 0.5) is 0 Å². The van der Waals surface area contributed by atoms with Crippen molar-refractivity contribution in [2.45, 2.75) is 25.7 Å². The number of ether oxygens (including phenoxy) is 2. The maximum Gasteiger partial charge on any atom is 0.329 e. The predicted octanol–water partition coefficient (Wildman–Crippen LogP) is 2.62. The summed E-state index contributed by atoms with van der Waals surface area (Å²) in [6.07, 6.45) is -0.369. The number of carbonyl (C=O) groups excluding carboxylic acids is 2.